The molecular formula is C14H22BrN3O2S. The van der Waals surface area contributed by atoms with Crippen molar-refractivity contribution in [2.24, 2.45) is 0 Å². The van der Waals surface area contributed by atoms with Gasteiger partial charge in [-0.1, -0.05) is 0 Å². The van der Waals surface area contributed by atoms with Gasteiger partial charge in [-0.3, -0.25) is 4.90 Å². The smallest absolute Gasteiger partial charge is 0.315 e. The Morgan fingerprint density at radius 3 is 2.76 bits per heavy atom. The number of carbonyl (C=O) groups is 1. The quantitative estimate of drug-likeness (QED) is 0.830. The molecule has 2 amide bonds. The van der Waals surface area contributed by atoms with Gasteiger partial charge >= 0.3 is 6.03 Å². The number of nitrogens with zero attached hydrogens (tertiary/aromatic N) is 1. The first kappa shape index (κ1) is 16.7. The minimum Gasteiger partial charge on any atom is -0.379 e. The average Bonchev–Trinajstić information content (AvgIpc) is 2.90. The van der Waals surface area contributed by atoms with Gasteiger partial charge in [0.25, 0.3) is 0 Å². The molecule has 1 fully saturated rings. The SMILES string of the molecule is CC(C)(CNC(=O)NCc1cc(Br)cs1)N1CCOCC1. The number of urea groups is 1. The summed E-state index contributed by atoms with van der Waals surface area (Å²) in [6.07, 6.45) is 0. The van der Waals surface area contributed by atoms with Crippen LogP contribution in [-0.2, 0) is 11.3 Å². The van der Waals surface area contributed by atoms with Crippen LogP contribution in [0.25, 0.3) is 0 Å². The fourth-order valence-electron chi connectivity index (χ4n) is 2.25. The highest BCUT2D eigenvalue weighted by Crippen LogP contribution is 2.19. The van der Waals surface area contributed by atoms with E-state index in [1.807, 2.05) is 11.4 Å². The van der Waals surface area contributed by atoms with Crippen LogP contribution in [0.5, 0.6) is 0 Å². The van der Waals surface area contributed by atoms with Crippen molar-refractivity contribution < 1.29 is 9.53 Å². The van der Waals surface area contributed by atoms with Crippen LogP contribution in [-0.4, -0.2) is 49.3 Å². The van der Waals surface area contributed by atoms with Crippen LogP contribution in [0.1, 0.15) is 18.7 Å². The van der Waals surface area contributed by atoms with Gasteiger partial charge in [0.1, 0.15) is 0 Å². The molecule has 1 aromatic heterocycles. The summed E-state index contributed by atoms with van der Waals surface area (Å²) in [6, 6.07) is 1.89. The van der Waals surface area contributed by atoms with Gasteiger partial charge in [0, 0.05) is 39.9 Å². The van der Waals surface area contributed by atoms with Crippen LogP contribution < -0.4 is 10.6 Å². The molecule has 1 aromatic rings. The molecule has 1 saturated heterocycles. The molecule has 2 N–H and O–H groups in total. The van der Waals surface area contributed by atoms with E-state index < -0.39 is 0 Å². The zero-order chi connectivity index (χ0) is 15.3. The molecule has 5 nitrogen and oxygen atoms in total. The third kappa shape index (κ3) is 5.25. The van der Waals surface area contributed by atoms with E-state index in [-0.39, 0.29) is 11.6 Å². The lowest BCUT2D eigenvalue weighted by atomic mass is 10.0. The Labute approximate surface area is 138 Å². The maximum Gasteiger partial charge on any atom is 0.315 e. The number of carbonyl (C=O) groups excluding carboxylic acids is 1. The molecule has 0 bridgehead atoms. The minimum atomic E-state index is -0.124. The van der Waals surface area contributed by atoms with Crippen LogP contribution in [0.15, 0.2) is 15.9 Å². The predicted octanol–water partition coefficient (Wildman–Crippen LogP) is 2.42. The molecule has 118 valence electrons. The zero-order valence-electron chi connectivity index (χ0n) is 12.4. The second kappa shape index (κ2) is 7.58. The van der Waals surface area contributed by atoms with Crippen molar-refractivity contribution >= 4 is 33.3 Å². The molecule has 1 aliphatic heterocycles. The van der Waals surface area contributed by atoms with Crippen molar-refractivity contribution in [2.45, 2.75) is 25.9 Å². The first-order valence-electron chi connectivity index (χ1n) is 7.05. The lowest BCUT2D eigenvalue weighted by Gasteiger charge is -2.40. The van der Waals surface area contributed by atoms with E-state index in [1.165, 1.54) is 0 Å². The topological polar surface area (TPSA) is 53.6 Å². The fourth-order valence-corrected chi connectivity index (χ4v) is 3.64. The summed E-state index contributed by atoms with van der Waals surface area (Å²) in [6.45, 7) is 8.84. The summed E-state index contributed by atoms with van der Waals surface area (Å²) in [7, 11) is 0. The molecule has 2 heterocycles. The Morgan fingerprint density at radius 1 is 1.43 bits per heavy atom. The number of ether oxygens (including phenoxy) is 1. The summed E-state index contributed by atoms with van der Waals surface area (Å²) in [4.78, 5) is 15.4. The van der Waals surface area contributed by atoms with Gasteiger partial charge < -0.3 is 15.4 Å². The van der Waals surface area contributed by atoms with Crippen molar-refractivity contribution in [3.63, 3.8) is 0 Å². The van der Waals surface area contributed by atoms with Crippen LogP contribution in [0.2, 0.25) is 0 Å². The Bertz CT molecular complexity index is 473. The molecule has 0 saturated carbocycles. The summed E-state index contributed by atoms with van der Waals surface area (Å²) in [5.74, 6) is 0. The molecular weight excluding hydrogens is 354 g/mol. The summed E-state index contributed by atoms with van der Waals surface area (Å²) in [5, 5.41) is 7.85. The lowest BCUT2D eigenvalue weighted by Crippen LogP contribution is -2.56. The standard InChI is InChI=1S/C14H22BrN3O2S/c1-14(2,18-3-5-20-6-4-18)10-17-13(19)16-8-12-7-11(15)9-21-12/h7,9H,3-6,8,10H2,1-2H3,(H2,16,17,19). The number of nitrogens with one attached hydrogen (secondary N) is 2. The highest BCUT2D eigenvalue weighted by Gasteiger charge is 2.28. The monoisotopic (exact) mass is 375 g/mol. The van der Waals surface area contributed by atoms with Gasteiger partial charge in [-0.2, -0.15) is 0 Å². The third-order valence-corrected chi connectivity index (χ3v) is 5.29. The van der Waals surface area contributed by atoms with Crippen molar-refractivity contribution in [1.82, 2.24) is 15.5 Å². The number of hydrogen-bond donors (Lipinski definition) is 2. The normalized spacial score (nSPS) is 16.7. The Hall–Kier alpha value is -0.630. The number of halogens is 1. The van der Waals surface area contributed by atoms with E-state index in [9.17, 15) is 4.79 Å². The minimum absolute atomic E-state index is 0.0624. The third-order valence-electron chi connectivity index (χ3n) is 3.59. The van der Waals surface area contributed by atoms with Crippen molar-refractivity contribution in [2.75, 3.05) is 32.8 Å². The number of rotatable bonds is 5. The molecule has 2 rings (SSSR count). The van der Waals surface area contributed by atoms with E-state index >= 15 is 0 Å². The number of morpholine rings is 1. The number of hydrogen-bond acceptors (Lipinski definition) is 4. The van der Waals surface area contributed by atoms with Crippen LogP contribution in [0.4, 0.5) is 4.79 Å². The van der Waals surface area contributed by atoms with Crippen molar-refractivity contribution in [3.8, 4) is 0 Å². The summed E-state index contributed by atoms with van der Waals surface area (Å²) >= 11 is 5.03. The maximum absolute atomic E-state index is 11.9. The predicted molar refractivity (Wildman–Crippen MR) is 88.7 cm³/mol. The molecule has 0 atom stereocenters. The molecule has 7 heteroatoms. The van der Waals surface area contributed by atoms with Gasteiger partial charge in [-0.15, -0.1) is 11.3 Å². The highest BCUT2D eigenvalue weighted by atomic mass is 79.9. The van der Waals surface area contributed by atoms with Crippen LogP contribution >= 0.6 is 27.3 Å². The maximum atomic E-state index is 11.9. The largest absolute Gasteiger partial charge is 0.379 e. The first-order chi connectivity index (χ1) is 9.97. The van der Waals surface area contributed by atoms with Crippen LogP contribution in [0.3, 0.4) is 0 Å². The molecule has 0 radical (unpaired) electrons. The average molecular weight is 376 g/mol. The summed E-state index contributed by atoms with van der Waals surface area (Å²) < 4.78 is 6.42. The van der Waals surface area contributed by atoms with E-state index in [4.69, 9.17) is 4.74 Å². The van der Waals surface area contributed by atoms with Gasteiger partial charge in [0.05, 0.1) is 19.8 Å². The van der Waals surface area contributed by atoms with Crippen molar-refractivity contribution in [1.29, 1.82) is 0 Å². The molecule has 0 spiro atoms. The molecule has 21 heavy (non-hydrogen) atoms. The van der Waals surface area contributed by atoms with E-state index in [0.717, 1.165) is 35.7 Å². The molecule has 1 aliphatic rings. The fraction of sp³-hybridized carbons (Fsp3) is 0.643. The Kier molecular flexibility index (Phi) is 6.04. The first-order valence-corrected chi connectivity index (χ1v) is 8.72. The Balaban J connectivity index is 1.72. The van der Waals surface area contributed by atoms with Crippen molar-refractivity contribution in [3.05, 3.63) is 20.8 Å². The van der Waals surface area contributed by atoms with Gasteiger partial charge in [-0.05, 0) is 35.8 Å². The van der Waals surface area contributed by atoms with E-state index in [2.05, 4.69) is 45.3 Å². The molecule has 0 aromatic carbocycles. The second-order valence-corrected chi connectivity index (χ2v) is 7.59. The zero-order valence-corrected chi connectivity index (χ0v) is 14.8. The van der Waals surface area contributed by atoms with Gasteiger partial charge in [0.2, 0.25) is 0 Å². The van der Waals surface area contributed by atoms with Gasteiger partial charge in [0.15, 0.2) is 0 Å². The number of thiophene rings is 1. The van der Waals surface area contributed by atoms with E-state index in [0.29, 0.717) is 13.1 Å². The van der Waals surface area contributed by atoms with Crippen LogP contribution in [0, 0.1) is 0 Å². The Morgan fingerprint density at radius 2 is 2.14 bits per heavy atom. The number of amides is 2. The van der Waals surface area contributed by atoms with Gasteiger partial charge in [-0.25, -0.2) is 4.79 Å². The summed E-state index contributed by atoms with van der Waals surface area (Å²) in [5.41, 5.74) is -0.0624. The van der Waals surface area contributed by atoms with E-state index in [1.54, 1.807) is 11.3 Å². The second-order valence-electron chi connectivity index (χ2n) is 5.68. The molecule has 0 aliphatic carbocycles. The molecule has 0 unspecified atom stereocenters. The lowest BCUT2D eigenvalue weighted by molar-refractivity contribution is -0.00874. The highest BCUT2D eigenvalue weighted by molar-refractivity contribution is 9.10.